The number of benzene rings is 2. The Labute approximate surface area is 162 Å². The van der Waals surface area contributed by atoms with Gasteiger partial charge in [-0.15, -0.1) is 5.10 Å². The number of nitrogens with zero attached hydrogens (tertiary/aromatic N) is 4. The molecular weight excluding hydrogens is 358 g/mol. The van der Waals surface area contributed by atoms with E-state index in [1.807, 2.05) is 24.3 Å². The van der Waals surface area contributed by atoms with Crippen molar-refractivity contribution in [3.05, 3.63) is 53.6 Å². The molecule has 144 valence electrons. The number of aryl methyl sites for hydroxylation is 1. The monoisotopic (exact) mass is 379 g/mol. The first kappa shape index (κ1) is 18.0. The maximum absolute atomic E-state index is 12.7. The molecule has 4 rings (SSSR count). The maximum atomic E-state index is 12.7. The minimum Gasteiger partial charge on any atom is -0.497 e. The highest BCUT2D eigenvalue weighted by Gasteiger charge is 2.32. The molecule has 2 heterocycles. The van der Waals surface area contributed by atoms with Crippen molar-refractivity contribution in [1.82, 2.24) is 25.2 Å². The van der Waals surface area contributed by atoms with Crippen LogP contribution in [-0.4, -0.2) is 51.4 Å². The smallest absolute Gasteiger partial charge is 0.252 e. The first-order valence-corrected chi connectivity index (χ1v) is 9.07. The van der Waals surface area contributed by atoms with Gasteiger partial charge in [-0.25, -0.2) is 4.68 Å². The molecule has 1 aliphatic rings. The van der Waals surface area contributed by atoms with Crippen molar-refractivity contribution in [2.24, 2.45) is 7.05 Å². The summed E-state index contributed by atoms with van der Waals surface area (Å²) in [6.45, 7) is 1.12. The van der Waals surface area contributed by atoms with E-state index in [-0.39, 0.29) is 11.8 Å². The highest BCUT2D eigenvalue weighted by molar-refractivity contribution is 6.00. The second-order valence-electron chi connectivity index (χ2n) is 6.84. The molecular formula is C20H21N5O3. The van der Waals surface area contributed by atoms with Crippen LogP contribution in [0.2, 0.25) is 0 Å². The van der Waals surface area contributed by atoms with Crippen LogP contribution in [0, 0.1) is 0 Å². The molecule has 1 aliphatic heterocycles. The first-order chi connectivity index (χ1) is 13.5. The van der Waals surface area contributed by atoms with Crippen molar-refractivity contribution in [3.8, 4) is 5.75 Å². The van der Waals surface area contributed by atoms with Crippen LogP contribution in [0.3, 0.4) is 0 Å². The fourth-order valence-corrected chi connectivity index (χ4v) is 3.40. The van der Waals surface area contributed by atoms with E-state index in [9.17, 15) is 9.59 Å². The number of hydrogen-bond donors (Lipinski definition) is 1. The third kappa shape index (κ3) is 3.40. The molecule has 28 heavy (non-hydrogen) atoms. The first-order valence-electron chi connectivity index (χ1n) is 9.07. The van der Waals surface area contributed by atoms with Gasteiger partial charge in [-0.1, -0.05) is 17.3 Å². The van der Waals surface area contributed by atoms with Crippen LogP contribution >= 0.6 is 0 Å². The minimum atomic E-state index is -0.511. The molecule has 0 saturated carbocycles. The van der Waals surface area contributed by atoms with E-state index in [2.05, 4.69) is 15.6 Å². The summed E-state index contributed by atoms with van der Waals surface area (Å²) in [5.74, 6) is 0.434. The van der Waals surface area contributed by atoms with Crippen LogP contribution in [-0.2, 0) is 18.4 Å². The standard InChI is InChI=1S/C20H21N5O3/c1-24-18-8-5-14(11-17(18)22-23-24)19(26)21-16-9-10-25(20(16)27)12-13-3-6-15(28-2)7-4-13/h3-8,11,16H,9-10,12H2,1-2H3,(H,21,26). The summed E-state index contributed by atoms with van der Waals surface area (Å²) in [6.07, 6.45) is 0.591. The van der Waals surface area contributed by atoms with Crippen LogP contribution in [0.5, 0.6) is 5.75 Å². The molecule has 0 radical (unpaired) electrons. The van der Waals surface area contributed by atoms with Gasteiger partial charge in [0.05, 0.1) is 12.6 Å². The van der Waals surface area contributed by atoms with E-state index < -0.39 is 6.04 Å². The fraction of sp³-hybridized carbons (Fsp3) is 0.300. The third-order valence-corrected chi connectivity index (χ3v) is 5.01. The van der Waals surface area contributed by atoms with Crippen molar-refractivity contribution >= 4 is 22.8 Å². The van der Waals surface area contributed by atoms with Crippen LogP contribution in [0.1, 0.15) is 22.3 Å². The number of amides is 2. The zero-order valence-corrected chi connectivity index (χ0v) is 15.8. The minimum absolute atomic E-state index is 0.0650. The molecule has 1 atom stereocenters. The molecule has 8 nitrogen and oxygen atoms in total. The summed E-state index contributed by atoms with van der Waals surface area (Å²) < 4.78 is 6.80. The zero-order valence-electron chi connectivity index (χ0n) is 15.8. The van der Waals surface area contributed by atoms with E-state index in [1.54, 1.807) is 41.9 Å². The normalized spacial score (nSPS) is 16.6. The lowest BCUT2D eigenvalue weighted by Gasteiger charge is -2.17. The second kappa shape index (κ2) is 7.30. The number of ether oxygens (including phenoxy) is 1. The van der Waals surface area contributed by atoms with Crippen LogP contribution in [0.4, 0.5) is 0 Å². The van der Waals surface area contributed by atoms with Gasteiger partial charge < -0.3 is 15.0 Å². The molecule has 1 saturated heterocycles. The average molecular weight is 379 g/mol. The predicted molar refractivity (Wildman–Crippen MR) is 103 cm³/mol. The number of rotatable bonds is 5. The number of carbonyl (C=O) groups excluding carboxylic acids is 2. The zero-order chi connectivity index (χ0) is 19.7. The summed E-state index contributed by atoms with van der Waals surface area (Å²) in [5, 5.41) is 10.8. The Morgan fingerprint density at radius 2 is 2.04 bits per heavy atom. The fourth-order valence-electron chi connectivity index (χ4n) is 3.40. The molecule has 1 unspecified atom stereocenters. The highest BCUT2D eigenvalue weighted by atomic mass is 16.5. The van der Waals surface area contributed by atoms with E-state index in [1.165, 1.54) is 0 Å². The molecule has 3 aromatic rings. The number of likely N-dealkylation sites (tertiary alicyclic amines) is 1. The van der Waals surface area contributed by atoms with Gasteiger partial charge in [-0.3, -0.25) is 9.59 Å². The number of nitrogens with one attached hydrogen (secondary N) is 1. The molecule has 0 spiro atoms. The Hall–Kier alpha value is -3.42. The molecule has 1 N–H and O–H groups in total. The Bertz CT molecular complexity index is 1030. The Morgan fingerprint density at radius 1 is 1.25 bits per heavy atom. The molecule has 1 fully saturated rings. The molecule has 1 aromatic heterocycles. The number of hydrogen-bond acceptors (Lipinski definition) is 5. The van der Waals surface area contributed by atoms with Crippen molar-refractivity contribution < 1.29 is 14.3 Å². The van der Waals surface area contributed by atoms with Crippen molar-refractivity contribution in [3.63, 3.8) is 0 Å². The SMILES string of the molecule is COc1ccc(CN2CCC(NC(=O)c3ccc4c(c3)nnn4C)C2=O)cc1. The van der Waals surface area contributed by atoms with Crippen molar-refractivity contribution in [1.29, 1.82) is 0 Å². The van der Waals surface area contributed by atoms with Crippen LogP contribution < -0.4 is 10.1 Å². The maximum Gasteiger partial charge on any atom is 0.252 e. The number of carbonyl (C=O) groups is 2. The topological polar surface area (TPSA) is 89.3 Å². The summed E-state index contributed by atoms with van der Waals surface area (Å²) in [5.41, 5.74) is 2.98. The average Bonchev–Trinajstić information content (AvgIpc) is 3.25. The molecule has 2 amide bonds. The van der Waals surface area contributed by atoms with Crippen molar-refractivity contribution in [2.45, 2.75) is 19.0 Å². The van der Waals surface area contributed by atoms with Gasteiger partial charge in [-0.2, -0.15) is 0 Å². The van der Waals surface area contributed by atoms with Gasteiger partial charge in [0.2, 0.25) is 5.91 Å². The Kier molecular flexibility index (Phi) is 4.68. The van der Waals surface area contributed by atoms with Crippen LogP contribution in [0.15, 0.2) is 42.5 Å². The lowest BCUT2D eigenvalue weighted by molar-refractivity contribution is -0.129. The molecule has 8 heteroatoms. The van der Waals surface area contributed by atoms with E-state index in [0.29, 0.717) is 30.6 Å². The van der Waals surface area contributed by atoms with E-state index >= 15 is 0 Å². The highest BCUT2D eigenvalue weighted by Crippen LogP contribution is 2.19. The lowest BCUT2D eigenvalue weighted by Crippen LogP contribution is -2.41. The number of aromatic nitrogens is 3. The molecule has 0 aliphatic carbocycles. The summed E-state index contributed by atoms with van der Waals surface area (Å²) >= 11 is 0. The van der Waals surface area contributed by atoms with Crippen LogP contribution in [0.25, 0.3) is 11.0 Å². The van der Waals surface area contributed by atoms with Crippen molar-refractivity contribution in [2.75, 3.05) is 13.7 Å². The molecule has 2 aromatic carbocycles. The summed E-state index contributed by atoms with van der Waals surface area (Å²) in [6, 6.07) is 12.3. The Morgan fingerprint density at radius 3 is 2.79 bits per heavy atom. The number of fused-ring (bicyclic) bond motifs is 1. The quantitative estimate of drug-likeness (QED) is 0.726. The van der Waals surface area contributed by atoms with Gasteiger partial charge in [-0.05, 0) is 42.3 Å². The van der Waals surface area contributed by atoms with Gasteiger partial charge >= 0.3 is 0 Å². The van der Waals surface area contributed by atoms with E-state index in [4.69, 9.17) is 4.74 Å². The Balaban J connectivity index is 1.40. The van der Waals surface area contributed by atoms with E-state index in [0.717, 1.165) is 16.8 Å². The lowest BCUT2D eigenvalue weighted by atomic mass is 10.1. The predicted octanol–water partition coefficient (Wildman–Crippen LogP) is 1.51. The van der Waals surface area contributed by atoms with Gasteiger partial charge in [0.25, 0.3) is 5.91 Å². The summed E-state index contributed by atoms with van der Waals surface area (Å²) in [4.78, 5) is 27.0. The number of methoxy groups -OCH3 is 1. The van der Waals surface area contributed by atoms with Gasteiger partial charge in [0.1, 0.15) is 17.3 Å². The third-order valence-electron chi connectivity index (χ3n) is 5.01. The largest absolute Gasteiger partial charge is 0.497 e. The van der Waals surface area contributed by atoms with Gasteiger partial charge in [0.15, 0.2) is 0 Å². The molecule has 0 bridgehead atoms. The van der Waals surface area contributed by atoms with Gasteiger partial charge in [0, 0.05) is 25.7 Å². The second-order valence-corrected chi connectivity index (χ2v) is 6.84. The summed E-state index contributed by atoms with van der Waals surface area (Å²) in [7, 11) is 3.41.